The average Bonchev–Trinajstić information content (AvgIpc) is 3.11. The largest absolute Gasteiger partial charge is 0.497 e. The number of hydrogen-bond acceptors (Lipinski definition) is 6. The van der Waals surface area contributed by atoms with E-state index in [1.165, 1.54) is 11.3 Å². The van der Waals surface area contributed by atoms with Crippen LogP contribution in [0.2, 0.25) is 0 Å². The Balaban J connectivity index is 1.80. The molecular weight excluding hydrogens is 362 g/mol. The third-order valence-electron chi connectivity index (χ3n) is 4.11. The number of methoxy groups -OCH3 is 1. The Morgan fingerprint density at radius 3 is 2.33 bits per heavy atom. The van der Waals surface area contributed by atoms with Crippen LogP contribution in [0.25, 0.3) is 27.5 Å². The molecule has 0 saturated heterocycles. The molecule has 2 aromatic heterocycles. The minimum absolute atomic E-state index is 0.309. The molecule has 27 heavy (non-hydrogen) atoms. The molecular formula is C20H17N3O3S. The van der Waals surface area contributed by atoms with Gasteiger partial charge < -0.3 is 9.47 Å². The van der Waals surface area contributed by atoms with Gasteiger partial charge in [0.1, 0.15) is 11.5 Å². The van der Waals surface area contributed by atoms with Crippen molar-refractivity contribution in [1.29, 1.82) is 0 Å². The van der Waals surface area contributed by atoms with Gasteiger partial charge in [0, 0.05) is 16.5 Å². The van der Waals surface area contributed by atoms with Gasteiger partial charge in [0.15, 0.2) is 5.69 Å². The summed E-state index contributed by atoms with van der Waals surface area (Å²) < 4.78 is 12.4. The molecule has 0 fully saturated rings. The van der Waals surface area contributed by atoms with Crippen molar-refractivity contribution in [3.8, 4) is 34.0 Å². The molecule has 0 aliphatic heterocycles. The molecule has 136 valence electrons. The number of aromatic nitrogens is 3. The molecule has 0 saturated carbocycles. The Morgan fingerprint density at radius 2 is 1.67 bits per heavy atom. The molecule has 0 unspecified atom stereocenters. The molecule has 0 bridgehead atoms. The van der Waals surface area contributed by atoms with Crippen molar-refractivity contribution in [3.05, 3.63) is 64.3 Å². The summed E-state index contributed by atoms with van der Waals surface area (Å²) in [7, 11) is 1.63. The molecule has 0 atom stereocenters. The Bertz CT molecular complexity index is 1130. The highest BCUT2D eigenvalue weighted by Gasteiger charge is 2.13. The molecule has 4 rings (SSSR count). The average molecular weight is 379 g/mol. The van der Waals surface area contributed by atoms with Crippen LogP contribution in [0.5, 0.6) is 11.5 Å². The molecule has 7 heteroatoms. The number of nitrogens with zero attached hydrogens (tertiary/aromatic N) is 3. The summed E-state index contributed by atoms with van der Waals surface area (Å²) in [6, 6.07) is 15.0. The first-order valence-corrected chi connectivity index (χ1v) is 9.34. The number of hydrogen-bond donors (Lipinski definition) is 0. The molecule has 2 aromatic carbocycles. The van der Waals surface area contributed by atoms with E-state index >= 15 is 0 Å². The zero-order valence-corrected chi connectivity index (χ0v) is 15.7. The third kappa shape index (κ3) is 3.29. The van der Waals surface area contributed by atoms with Crippen LogP contribution in [0, 0.1) is 0 Å². The summed E-state index contributed by atoms with van der Waals surface area (Å²) in [6.07, 6.45) is 0. The summed E-state index contributed by atoms with van der Waals surface area (Å²) in [6.45, 7) is 2.52. The van der Waals surface area contributed by atoms with Crippen LogP contribution in [0.3, 0.4) is 0 Å². The quantitative estimate of drug-likeness (QED) is 0.526. The lowest BCUT2D eigenvalue weighted by Gasteiger charge is -2.06. The van der Waals surface area contributed by atoms with E-state index in [0.717, 1.165) is 22.8 Å². The van der Waals surface area contributed by atoms with E-state index in [-0.39, 0.29) is 5.56 Å². The Morgan fingerprint density at radius 1 is 1.00 bits per heavy atom. The van der Waals surface area contributed by atoms with Crippen molar-refractivity contribution in [2.45, 2.75) is 6.92 Å². The Hall–Kier alpha value is -3.19. The van der Waals surface area contributed by atoms with Gasteiger partial charge in [0.05, 0.1) is 19.4 Å². The van der Waals surface area contributed by atoms with Gasteiger partial charge in [-0.3, -0.25) is 4.79 Å². The van der Waals surface area contributed by atoms with E-state index in [2.05, 4.69) is 10.1 Å². The Labute approximate surface area is 159 Å². The summed E-state index contributed by atoms with van der Waals surface area (Å²) >= 11 is 1.38. The maximum atomic E-state index is 12.4. The number of rotatable bonds is 5. The summed E-state index contributed by atoms with van der Waals surface area (Å²) in [5.74, 6) is 1.54. The standard InChI is InChI=1S/C20H17N3O3S/c1-3-26-16-10-6-14(7-11-16)18-19(24)21-20-23(22-18)17(12-27-20)13-4-8-15(25-2)9-5-13/h4-12H,3H2,1-2H3. The normalized spacial score (nSPS) is 10.9. The summed E-state index contributed by atoms with van der Waals surface area (Å²) in [5.41, 5.74) is 2.51. The highest BCUT2D eigenvalue weighted by Crippen LogP contribution is 2.27. The van der Waals surface area contributed by atoms with Gasteiger partial charge in [-0.1, -0.05) is 0 Å². The molecule has 0 amide bonds. The van der Waals surface area contributed by atoms with Crippen LogP contribution < -0.4 is 15.0 Å². The van der Waals surface area contributed by atoms with Crippen LogP contribution in [-0.2, 0) is 0 Å². The number of thiazole rings is 1. The van der Waals surface area contributed by atoms with E-state index < -0.39 is 0 Å². The third-order valence-corrected chi connectivity index (χ3v) is 4.93. The van der Waals surface area contributed by atoms with Gasteiger partial charge in [0.25, 0.3) is 0 Å². The summed E-state index contributed by atoms with van der Waals surface area (Å²) in [4.78, 5) is 17.2. The van der Waals surface area contributed by atoms with Crippen molar-refractivity contribution in [2.24, 2.45) is 0 Å². The van der Waals surface area contributed by atoms with Crippen molar-refractivity contribution in [1.82, 2.24) is 14.6 Å². The fourth-order valence-electron chi connectivity index (χ4n) is 2.77. The number of fused-ring (bicyclic) bond motifs is 1. The maximum absolute atomic E-state index is 12.4. The van der Waals surface area contributed by atoms with E-state index in [9.17, 15) is 4.79 Å². The van der Waals surface area contributed by atoms with Crippen molar-refractivity contribution >= 4 is 16.3 Å². The predicted molar refractivity (Wildman–Crippen MR) is 106 cm³/mol. The van der Waals surface area contributed by atoms with Crippen molar-refractivity contribution in [3.63, 3.8) is 0 Å². The minimum Gasteiger partial charge on any atom is -0.497 e. The Kier molecular flexibility index (Phi) is 4.60. The second kappa shape index (κ2) is 7.20. The fourth-order valence-corrected chi connectivity index (χ4v) is 3.60. The molecule has 0 N–H and O–H groups in total. The molecule has 2 heterocycles. The monoisotopic (exact) mass is 379 g/mol. The summed E-state index contributed by atoms with van der Waals surface area (Å²) in [5, 5.41) is 6.52. The second-order valence-electron chi connectivity index (χ2n) is 5.77. The predicted octanol–water partition coefficient (Wildman–Crippen LogP) is 3.89. The molecule has 0 radical (unpaired) electrons. The van der Waals surface area contributed by atoms with Crippen LogP contribution >= 0.6 is 11.3 Å². The highest BCUT2D eigenvalue weighted by molar-refractivity contribution is 7.15. The molecule has 6 nitrogen and oxygen atoms in total. The van der Waals surface area contributed by atoms with Gasteiger partial charge >= 0.3 is 5.56 Å². The molecule has 0 spiro atoms. The SMILES string of the molecule is CCOc1ccc(-c2nn3c(-c4ccc(OC)cc4)csc3nc2=O)cc1. The van der Waals surface area contributed by atoms with Crippen LogP contribution in [0.1, 0.15) is 6.92 Å². The van der Waals surface area contributed by atoms with Gasteiger partial charge in [-0.05, 0) is 55.5 Å². The first-order valence-electron chi connectivity index (χ1n) is 8.46. The van der Waals surface area contributed by atoms with Gasteiger partial charge in [-0.2, -0.15) is 10.1 Å². The smallest absolute Gasteiger partial charge is 0.300 e. The highest BCUT2D eigenvalue weighted by atomic mass is 32.1. The lowest BCUT2D eigenvalue weighted by atomic mass is 10.1. The van der Waals surface area contributed by atoms with Gasteiger partial charge in [0.2, 0.25) is 4.96 Å². The van der Waals surface area contributed by atoms with Gasteiger partial charge in [-0.15, -0.1) is 11.3 Å². The first-order chi connectivity index (χ1) is 13.2. The molecule has 0 aliphatic carbocycles. The van der Waals surface area contributed by atoms with Crippen molar-refractivity contribution < 1.29 is 9.47 Å². The van der Waals surface area contributed by atoms with E-state index in [1.54, 1.807) is 11.6 Å². The number of ether oxygens (including phenoxy) is 2. The maximum Gasteiger partial charge on any atom is 0.300 e. The zero-order chi connectivity index (χ0) is 18.8. The van der Waals surface area contributed by atoms with Crippen LogP contribution in [0.15, 0.2) is 58.7 Å². The van der Waals surface area contributed by atoms with E-state index in [4.69, 9.17) is 9.47 Å². The fraction of sp³-hybridized carbons (Fsp3) is 0.150. The zero-order valence-electron chi connectivity index (χ0n) is 14.9. The molecule has 4 aromatic rings. The van der Waals surface area contributed by atoms with Gasteiger partial charge in [-0.25, -0.2) is 4.52 Å². The minimum atomic E-state index is -0.345. The van der Waals surface area contributed by atoms with Crippen molar-refractivity contribution in [2.75, 3.05) is 13.7 Å². The van der Waals surface area contributed by atoms with Crippen LogP contribution in [0.4, 0.5) is 0 Å². The second-order valence-corrected chi connectivity index (χ2v) is 6.60. The molecule has 0 aliphatic rings. The lowest BCUT2D eigenvalue weighted by Crippen LogP contribution is -2.14. The first kappa shape index (κ1) is 17.2. The topological polar surface area (TPSA) is 65.7 Å². The van der Waals surface area contributed by atoms with E-state index in [0.29, 0.717) is 22.8 Å². The van der Waals surface area contributed by atoms with E-state index in [1.807, 2.05) is 60.8 Å². The number of benzene rings is 2. The van der Waals surface area contributed by atoms with Crippen LogP contribution in [-0.4, -0.2) is 28.3 Å². The lowest BCUT2D eigenvalue weighted by molar-refractivity contribution is 0.340.